The topological polar surface area (TPSA) is 60.9 Å². The molecule has 0 unspecified atom stereocenters. The summed E-state index contributed by atoms with van der Waals surface area (Å²) in [6.07, 6.45) is 5.72. The molecule has 2 amide bonds. The minimum absolute atomic E-state index is 0.0237. The van der Waals surface area contributed by atoms with Gasteiger partial charge in [-0.05, 0) is 60.2 Å². The van der Waals surface area contributed by atoms with Crippen molar-refractivity contribution in [1.29, 1.82) is 0 Å². The number of fused-ring (bicyclic) bond motifs is 1. The van der Waals surface area contributed by atoms with Crippen LogP contribution >= 0.6 is 0 Å². The molecule has 2 saturated heterocycles. The molecular weight excluding hydrogens is 395 g/mol. The molecule has 2 aromatic carbocycles. The van der Waals surface area contributed by atoms with Gasteiger partial charge in [0.15, 0.2) is 0 Å². The van der Waals surface area contributed by atoms with Crippen LogP contribution in [0.1, 0.15) is 46.7 Å². The van der Waals surface area contributed by atoms with Crippen LogP contribution in [0.5, 0.6) is 0 Å². The van der Waals surface area contributed by atoms with Gasteiger partial charge in [0.2, 0.25) is 5.91 Å². The van der Waals surface area contributed by atoms with Gasteiger partial charge in [-0.1, -0.05) is 30.3 Å². The van der Waals surface area contributed by atoms with Crippen LogP contribution in [0.2, 0.25) is 0 Å². The molecule has 6 heteroatoms. The average molecular weight is 420 g/mol. The molecule has 31 heavy (non-hydrogen) atoms. The lowest BCUT2D eigenvalue weighted by molar-refractivity contribution is -0.159. The third kappa shape index (κ3) is 3.45. The molecule has 0 saturated carbocycles. The fraction of sp³-hybridized carbons (Fsp3) is 0.360. The Morgan fingerprint density at radius 1 is 1.10 bits per heavy atom. The van der Waals surface area contributed by atoms with E-state index in [1.165, 1.54) is 46.7 Å². The number of nitrogens with zero attached hydrogens (tertiary/aromatic N) is 2. The first kappa shape index (κ1) is 19.9. The Morgan fingerprint density at radius 3 is 2.48 bits per heavy atom. The first-order valence-electron chi connectivity index (χ1n) is 10.8. The molecule has 0 spiro atoms. The number of hydrogen-bond acceptors (Lipinski definition) is 3. The van der Waals surface area contributed by atoms with Gasteiger partial charge in [0, 0.05) is 18.0 Å². The van der Waals surface area contributed by atoms with Crippen molar-refractivity contribution < 1.29 is 19.1 Å². The predicted octanol–water partition coefficient (Wildman–Crippen LogP) is 3.20. The predicted molar refractivity (Wildman–Crippen MR) is 115 cm³/mol. The minimum Gasteiger partial charge on any atom is -0.394 e. The Morgan fingerprint density at radius 2 is 1.84 bits per heavy atom. The molecule has 2 aromatic rings. The molecule has 3 atom stereocenters. The van der Waals surface area contributed by atoms with E-state index < -0.39 is 5.82 Å². The van der Waals surface area contributed by atoms with Crippen LogP contribution in [-0.2, 0) is 4.79 Å². The van der Waals surface area contributed by atoms with Crippen LogP contribution in [0, 0.1) is 5.82 Å². The van der Waals surface area contributed by atoms with E-state index in [0.29, 0.717) is 12.1 Å². The summed E-state index contributed by atoms with van der Waals surface area (Å²) in [4.78, 5) is 28.9. The Balaban J connectivity index is 1.37. The Labute approximate surface area is 180 Å². The van der Waals surface area contributed by atoms with Gasteiger partial charge in [-0.2, -0.15) is 0 Å². The average Bonchev–Trinajstić information content (AvgIpc) is 3.30. The summed E-state index contributed by atoms with van der Waals surface area (Å²) in [5.74, 6) is -0.860. The number of piperazine rings is 1. The summed E-state index contributed by atoms with van der Waals surface area (Å²) >= 11 is 0. The summed E-state index contributed by atoms with van der Waals surface area (Å²) < 4.78 is 13.2. The SMILES string of the molecule is O=C(c1ccc(F)cc1)N1CC(=O)N2[C@H](CO)[C@@H](c3ccc(C4=CCCC4)cc3)[C@H]2C1. The van der Waals surface area contributed by atoms with Crippen molar-refractivity contribution in [3.63, 3.8) is 0 Å². The normalized spacial score (nSPS) is 25.2. The highest BCUT2D eigenvalue weighted by Crippen LogP contribution is 2.43. The monoisotopic (exact) mass is 420 g/mol. The quantitative estimate of drug-likeness (QED) is 0.826. The second-order valence-electron chi connectivity index (χ2n) is 8.58. The maximum atomic E-state index is 13.2. The maximum absolute atomic E-state index is 13.2. The number of carbonyl (C=O) groups excluding carboxylic acids is 2. The highest BCUT2D eigenvalue weighted by atomic mass is 19.1. The van der Waals surface area contributed by atoms with Crippen LogP contribution in [-0.4, -0.2) is 58.5 Å². The van der Waals surface area contributed by atoms with E-state index in [9.17, 15) is 19.1 Å². The number of benzene rings is 2. The number of aliphatic hydroxyl groups excluding tert-OH is 1. The fourth-order valence-electron chi connectivity index (χ4n) is 5.28. The van der Waals surface area contributed by atoms with Crippen molar-refractivity contribution in [1.82, 2.24) is 9.80 Å². The molecule has 2 aliphatic heterocycles. The molecule has 5 rings (SSSR count). The van der Waals surface area contributed by atoms with E-state index >= 15 is 0 Å². The molecule has 0 bridgehead atoms. The highest BCUT2D eigenvalue weighted by Gasteiger charge is 2.54. The lowest BCUT2D eigenvalue weighted by Gasteiger charge is -2.58. The van der Waals surface area contributed by atoms with E-state index in [0.717, 1.165) is 18.4 Å². The number of aliphatic hydroxyl groups is 1. The summed E-state index contributed by atoms with van der Waals surface area (Å²) in [6.45, 7) is 0.269. The maximum Gasteiger partial charge on any atom is 0.254 e. The first-order chi connectivity index (χ1) is 15.1. The summed E-state index contributed by atoms with van der Waals surface area (Å²) in [6, 6.07) is 13.4. The van der Waals surface area contributed by atoms with Crippen molar-refractivity contribution in [2.75, 3.05) is 19.7 Å². The van der Waals surface area contributed by atoms with E-state index in [-0.39, 0.29) is 43.0 Å². The van der Waals surface area contributed by atoms with Gasteiger partial charge in [0.25, 0.3) is 5.91 Å². The molecule has 2 heterocycles. The Hall–Kier alpha value is -2.99. The Kier molecular flexibility index (Phi) is 5.10. The van der Waals surface area contributed by atoms with Gasteiger partial charge in [0.05, 0.1) is 18.7 Å². The van der Waals surface area contributed by atoms with Gasteiger partial charge in [0.1, 0.15) is 12.4 Å². The third-order valence-electron chi connectivity index (χ3n) is 6.84. The van der Waals surface area contributed by atoms with Crippen molar-refractivity contribution >= 4 is 17.4 Å². The number of rotatable bonds is 4. The molecule has 160 valence electrons. The van der Waals surface area contributed by atoms with Gasteiger partial charge in [-0.15, -0.1) is 0 Å². The first-order valence-corrected chi connectivity index (χ1v) is 10.8. The zero-order valence-corrected chi connectivity index (χ0v) is 17.2. The van der Waals surface area contributed by atoms with Gasteiger partial charge in [-0.25, -0.2) is 4.39 Å². The second kappa shape index (κ2) is 7.93. The van der Waals surface area contributed by atoms with E-state index in [4.69, 9.17) is 0 Å². The molecule has 5 nitrogen and oxygen atoms in total. The smallest absolute Gasteiger partial charge is 0.254 e. The van der Waals surface area contributed by atoms with Crippen LogP contribution in [0.4, 0.5) is 4.39 Å². The van der Waals surface area contributed by atoms with Crippen LogP contribution in [0.25, 0.3) is 5.57 Å². The lowest BCUT2D eigenvalue weighted by Crippen LogP contribution is -2.73. The van der Waals surface area contributed by atoms with E-state index in [1.54, 1.807) is 4.90 Å². The van der Waals surface area contributed by atoms with Crippen molar-refractivity contribution in [2.24, 2.45) is 0 Å². The van der Waals surface area contributed by atoms with Gasteiger partial charge < -0.3 is 14.9 Å². The number of allylic oxidation sites excluding steroid dienone is 2. The van der Waals surface area contributed by atoms with Crippen molar-refractivity contribution in [3.05, 3.63) is 77.1 Å². The zero-order chi connectivity index (χ0) is 21.5. The van der Waals surface area contributed by atoms with E-state index in [1.807, 2.05) is 0 Å². The number of hydrogen-bond donors (Lipinski definition) is 1. The van der Waals surface area contributed by atoms with Crippen molar-refractivity contribution in [3.8, 4) is 0 Å². The molecule has 2 fully saturated rings. The highest BCUT2D eigenvalue weighted by molar-refractivity contribution is 5.97. The molecule has 0 aromatic heterocycles. The van der Waals surface area contributed by atoms with Crippen LogP contribution in [0.15, 0.2) is 54.6 Å². The zero-order valence-electron chi connectivity index (χ0n) is 17.2. The summed E-state index contributed by atoms with van der Waals surface area (Å²) in [5.41, 5.74) is 4.05. The van der Waals surface area contributed by atoms with Gasteiger partial charge >= 0.3 is 0 Å². The third-order valence-corrected chi connectivity index (χ3v) is 6.84. The second-order valence-corrected chi connectivity index (χ2v) is 8.58. The molecule has 1 N–H and O–H groups in total. The number of carbonyl (C=O) groups is 2. The standard InChI is InChI=1S/C25H25FN2O3/c26-20-11-9-19(10-12-20)25(31)27-13-21-24(22(15-29)28(21)23(30)14-27)18-7-5-17(6-8-18)16-3-1-2-4-16/h3,5-12,21-22,24,29H,1-2,4,13-15H2/t21-,22-,24+/m1/s1. The minimum atomic E-state index is -0.404. The molecule has 1 aliphatic carbocycles. The lowest BCUT2D eigenvalue weighted by atomic mass is 9.73. The largest absolute Gasteiger partial charge is 0.394 e. The number of halogens is 1. The summed E-state index contributed by atoms with van der Waals surface area (Å²) in [5, 5.41) is 9.96. The molecule has 0 radical (unpaired) electrons. The molecule has 3 aliphatic rings. The van der Waals surface area contributed by atoms with Gasteiger partial charge in [-0.3, -0.25) is 9.59 Å². The Bertz CT molecular complexity index is 1030. The number of amides is 2. The van der Waals surface area contributed by atoms with Crippen molar-refractivity contribution in [2.45, 2.75) is 37.3 Å². The molecular formula is C25H25FN2O3. The van der Waals surface area contributed by atoms with E-state index in [2.05, 4.69) is 30.3 Å². The summed E-state index contributed by atoms with van der Waals surface area (Å²) in [7, 11) is 0. The van der Waals surface area contributed by atoms with Crippen LogP contribution in [0.3, 0.4) is 0 Å². The van der Waals surface area contributed by atoms with Crippen LogP contribution < -0.4 is 0 Å². The fourth-order valence-corrected chi connectivity index (χ4v) is 5.28.